The van der Waals surface area contributed by atoms with Crippen molar-refractivity contribution >= 4 is 48.7 Å². The largest absolute Gasteiger partial charge is 0.450 e. The normalized spacial score (nSPS) is 11.5. The summed E-state index contributed by atoms with van der Waals surface area (Å²) in [5.41, 5.74) is 0.328. The Bertz CT molecular complexity index is 1180. The Hall–Kier alpha value is -2.77. The molecule has 2 amide bonds. The highest BCUT2D eigenvalue weighted by Gasteiger charge is 2.17. The first-order valence-electron chi connectivity index (χ1n) is 8.42. The summed E-state index contributed by atoms with van der Waals surface area (Å²) < 4.78 is 59.0. The molecule has 2 aromatic heterocycles. The number of fused-ring (bicyclic) bond motifs is 1. The van der Waals surface area contributed by atoms with Crippen LogP contribution in [0.25, 0.3) is 11.0 Å². The van der Waals surface area contributed by atoms with Gasteiger partial charge in [0.1, 0.15) is 11.4 Å². The van der Waals surface area contributed by atoms with Crippen LogP contribution in [-0.4, -0.2) is 43.8 Å². The van der Waals surface area contributed by atoms with Gasteiger partial charge in [-0.15, -0.1) is 0 Å². The Kier molecular flexibility index (Phi) is 6.53. The molecule has 0 aliphatic heterocycles. The Labute approximate surface area is 178 Å². The Morgan fingerprint density at radius 1 is 1.27 bits per heavy atom. The first-order valence-corrected chi connectivity index (χ1v) is 11.1. The summed E-state index contributed by atoms with van der Waals surface area (Å²) >= 11 is 3.31. The number of amides is 2. The number of rotatable bonds is 7. The zero-order valence-electron chi connectivity index (χ0n) is 15.4. The molecule has 2 heterocycles. The number of H-pyrrole nitrogens is 1. The Balaban J connectivity index is 1.69. The number of halogens is 3. The highest BCUT2D eigenvalue weighted by Crippen LogP contribution is 2.36. The fourth-order valence-corrected chi connectivity index (χ4v) is 3.47. The molecule has 0 fully saturated rings. The van der Waals surface area contributed by atoms with E-state index in [1.165, 1.54) is 12.3 Å². The molecular weight excluding hydrogens is 488 g/mol. The van der Waals surface area contributed by atoms with Crippen molar-refractivity contribution in [3.63, 3.8) is 0 Å². The molecule has 0 spiro atoms. The SMILES string of the molecule is CS(=O)(=O)NCCNC(=O)Nc1cc(F)c(Oc2ccnc3[nH]cc(Br)c23)c(F)c1. The van der Waals surface area contributed by atoms with E-state index in [2.05, 4.69) is 41.3 Å². The second-order valence-corrected chi connectivity index (χ2v) is 8.78. The number of pyridine rings is 1. The van der Waals surface area contributed by atoms with E-state index >= 15 is 0 Å². The third-order valence-electron chi connectivity index (χ3n) is 3.73. The van der Waals surface area contributed by atoms with Crippen LogP contribution in [-0.2, 0) is 10.0 Å². The molecule has 0 aliphatic carbocycles. The molecule has 9 nitrogen and oxygen atoms in total. The summed E-state index contributed by atoms with van der Waals surface area (Å²) in [6.45, 7) is -0.0501. The molecule has 0 radical (unpaired) electrons. The van der Waals surface area contributed by atoms with Crippen molar-refractivity contribution in [1.29, 1.82) is 0 Å². The van der Waals surface area contributed by atoms with Crippen LogP contribution in [0.15, 0.2) is 35.1 Å². The number of ether oxygens (including phenoxy) is 1. The second-order valence-electron chi connectivity index (χ2n) is 6.09. The summed E-state index contributed by atoms with van der Waals surface area (Å²) in [4.78, 5) is 18.8. The first kappa shape index (κ1) is 21.9. The van der Waals surface area contributed by atoms with E-state index in [1.54, 1.807) is 6.20 Å². The van der Waals surface area contributed by atoms with Gasteiger partial charge in [0.2, 0.25) is 10.0 Å². The van der Waals surface area contributed by atoms with Crippen LogP contribution in [0.5, 0.6) is 11.5 Å². The maximum atomic E-state index is 14.5. The van der Waals surface area contributed by atoms with Crippen molar-refractivity contribution in [2.24, 2.45) is 0 Å². The molecule has 0 unspecified atom stereocenters. The molecular formula is C17H16BrF2N5O4S. The van der Waals surface area contributed by atoms with Crippen molar-refractivity contribution in [3.8, 4) is 11.5 Å². The van der Waals surface area contributed by atoms with Gasteiger partial charge in [-0.1, -0.05) is 0 Å². The number of sulfonamides is 1. The van der Waals surface area contributed by atoms with Gasteiger partial charge in [0.05, 0.1) is 11.6 Å². The van der Waals surface area contributed by atoms with Gasteiger partial charge in [0.15, 0.2) is 17.4 Å². The number of benzene rings is 1. The predicted molar refractivity (Wildman–Crippen MR) is 110 cm³/mol. The van der Waals surface area contributed by atoms with Crippen LogP contribution in [0.4, 0.5) is 19.3 Å². The highest BCUT2D eigenvalue weighted by molar-refractivity contribution is 9.10. The van der Waals surface area contributed by atoms with Crippen molar-refractivity contribution in [2.45, 2.75) is 0 Å². The van der Waals surface area contributed by atoms with E-state index in [4.69, 9.17) is 4.74 Å². The topological polar surface area (TPSA) is 125 Å². The quantitative estimate of drug-likeness (QED) is 0.368. The summed E-state index contributed by atoms with van der Waals surface area (Å²) in [6, 6.07) is 2.50. The van der Waals surface area contributed by atoms with E-state index in [1.807, 2.05) is 0 Å². The Morgan fingerprint density at radius 2 is 1.97 bits per heavy atom. The van der Waals surface area contributed by atoms with Gasteiger partial charge in [-0.3, -0.25) is 0 Å². The minimum atomic E-state index is -3.38. The lowest BCUT2D eigenvalue weighted by Crippen LogP contribution is -2.36. The number of aromatic amines is 1. The number of carbonyl (C=O) groups excluding carboxylic acids is 1. The maximum Gasteiger partial charge on any atom is 0.319 e. The molecule has 3 rings (SSSR count). The summed E-state index contributed by atoms with van der Waals surface area (Å²) in [7, 11) is -3.38. The van der Waals surface area contributed by atoms with Crippen molar-refractivity contribution < 1.29 is 26.7 Å². The van der Waals surface area contributed by atoms with Gasteiger partial charge in [0, 0.05) is 47.8 Å². The fraction of sp³-hybridized carbons (Fsp3) is 0.176. The van der Waals surface area contributed by atoms with Crippen LogP contribution >= 0.6 is 15.9 Å². The average Bonchev–Trinajstić information content (AvgIpc) is 3.03. The minimum absolute atomic E-state index is 0.0192. The molecule has 3 aromatic rings. The maximum absolute atomic E-state index is 14.5. The molecule has 1 aromatic carbocycles. The molecule has 13 heteroatoms. The van der Waals surface area contributed by atoms with E-state index < -0.39 is 33.4 Å². The standard InChI is InChI=1S/C17H16BrF2N5O4S/c1-30(27,28)24-5-4-22-17(26)25-9-6-11(19)15(12(20)7-9)29-13-2-3-21-16-14(13)10(18)8-23-16/h2-3,6-8,24H,4-5H2,1H3,(H,21,23)(H2,22,25,26). The second kappa shape index (κ2) is 8.93. The van der Waals surface area contributed by atoms with Crippen LogP contribution in [0, 0.1) is 11.6 Å². The Morgan fingerprint density at radius 3 is 2.63 bits per heavy atom. The average molecular weight is 504 g/mol. The van der Waals surface area contributed by atoms with E-state index in [9.17, 15) is 22.0 Å². The molecule has 0 saturated carbocycles. The molecule has 30 heavy (non-hydrogen) atoms. The summed E-state index contributed by atoms with van der Waals surface area (Å²) in [6.07, 6.45) is 4.03. The minimum Gasteiger partial charge on any atom is -0.450 e. The van der Waals surface area contributed by atoms with Crippen LogP contribution < -0.4 is 20.1 Å². The smallest absolute Gasteiger partial charge is 0.319 e. The molecule has 4 N–H and O–H groups in total. The van der Waals surface area contributed by atoms with Gasteiger partial charge in [0.25, 0.3) is 0 Å². The molecule has 0 bridgehead atoms. The lowest BCUT2D eigenvalue weighted by molar-refractivity contribution is 0.252. The number of urea groups is 1. The third-order valence-corrected chi connectivity index (χ3v) is 5.08. The number of aromatic nitrogens is 2. The number of hydrogen-bond donors (Lipinski definition) is 4. The van der Waals surface area contributed by atoms with Crippen molar-refractivity contribution in [1.82, 2.24) is 20.0 Å². The lowest BCUT2D eigenvalue weighted by atomic mass is 10.2. The molecule has 0 saturated heterocycles. The van der Waals surface area contributed by atoms with Crippen molar-refractivity contribution in [3.05, 3.63) is 46.7 Å². The number of hydrogen-bond acceptors (Lipinski definition) is 5. The summed E-state index contributed by atoms with van der Waals surface area (Å²) in [5.74, 6) is -2.51. The number of nitrogens with zero attached hydrogens (tertiary/aromatic N) is 1. The number of nitrogens with one attached hydrogen (secondary N) is 4. The van der Waals surface area contributed by atoms with Crippen molar-refractivity contribution in [2.75, 3.05) is 24.7 Å². The predicted octanol–water partition coefficient (Wildman–Crippen LogP) is 3.07. The van der Waals surface area contributed by atoms with E-state index in [0.29, 0.717) is 15.5 Å². The zero-order chi connectivity index (χ0) is 21.9. The number of anilines is 1. The van der Waals surface area contributed by atoms with Gasteiger partial charge in [-0.05, 0) is 22.0 Å². The van der Waals surface area contributed by atoms with Gasteiger partial charge in [-0.2, -0.15) is 0 Å². The van der Waals surface area contributed by atoms with Crippen LogP contribution in [0.3, 0.4) is 0 Å². The van der Waals surface area contributed by atoms with Crippen LogP contribution in [0.2, 0.25) is 0 Å². The first-order chi connectivity index (χ1) is 14.1. The van der Waals surface area contributed by atoms with Gasteiger partial charge >= 0.3 is 6.03 Å². The number of carbonyl (C=O) groups is 1. The molecule has 160 valence electrons. The van der Waals surface area contributed by atoms with Gasteiger partial charge in [-0.25, -0.2) is 31.7 Å². The molecule has 0 atom stereocenters. The van der Waals surface area contributed by atoms with E-state index in [-0.39, 0.29) is 24.5 Å². The fourth-order valence-electron chi connectivity index (χ4n) is 2.50. The lowest BCUT2D eigenvalue weighted by Gasteiger charge is -2.12. The third kappa shape index (κ3) is 5.43. The zero-order valence-corrected chi connectivity index (χ0v) is 17.8. The monoisotopic (exact) mass is 503 g/mol. The van der Waals surface area contributed by atoms with E-state index in [0.717, 1.165) is 18.4 Å². The highest BCUT2D eigenvalue weighted by atomic mass is 79.9. The molecule has 0 aliphatic rings. The van der Waals surface area contributed by atoms with Gasteiger partial charge < -0.3 is 20.4 Å². The van der Waals surface area contributed by atoms with Crippen LogP contribution in [0.1, 0.15) is 0 Å². The summed E-state index contributed by atoms with van der Waals surface area (Å²) in [5, 5.41) is 5.13.